The summed E-state index contributed by atoms with van der Waals surface area (Å²) in [5.74, 6) is -0.397. The van der Waals surface area contributed by atoms with E-state index in [4.69, 9.17) is 0 Å². The monoisotopic (exact) mass is 380 g/mol. The van der Waals surface area contributed by atoms with E-state index in [1.165, 1.54) is 5.56 Å². The van der Waals surface area contributed by atoms with Crippen molar-refractivity contribution >= 4 is 29.2 Å². The second kappa shape index (κ2) is 9.03. The molecule has 0 bridgehead atoms. The minimum Gasteiger partial charge on any atom is -0.369 e. The standard InChI is InChI=1S/C21H24N4O3/c1-24(15-16-8-3-2-4-9-16)18-11-6-5-10-17(18)23-19(26)12-7-13-25-20(27)14-22-21(25)28/h2-6,8-11H,7,12-15H2,1H3,(H,22,28)(H,23,26). The Labute approximate surface area is 164 Å². The molecule has 7 nitrogen and oxygen atoms in total. The summed E-state index contributed by atoms with van der Waals surface area (Å²) < 4.78 is 0. The van der Waals surface area contributed by atoms with Gasteiger partial charge in [-0.15, -0.1) is 0 Å². The number of anilines is 2. The molecule has 0 aromatic heterocycles. The van der Waals surface area contributed by atoms with Crippen LogP contribution in [-0.4, -0.2) is 42.9 Å². The number of nitrogens with zero attached hydrogens (tertiary/aromatic N) is 2. The Balaban J connectivity index is 1.56. The first-order valence-corrected chi connectivity index (χ1v) is 9.27. The fourth-order valence-electron chi connectivity index (χ4n) is 3.15. The van der Waals surface area contributed by atoms with Crippen molar-refractivity contribution in [2.45, 2.75) is 19.4 Å². The predicted molar refractivity (Wildman–Crippen MR) is 108 cm³/mol. The lowest BCUT2D eigenvalue weighted by molar-refractivity contribution is -0.125. The molecule has 2 aromatic carbocycles. The highest BCUT2D eigenvalue weighted by Crippen LogP contribution is 2.26. The van der Waals surface area contributed by atoms with Crippen LogP contribution in [0.15, 0.2) is 54.6 Å². The highest BCUT2D eigenvalue weighted by molar-refractivity contribution is 6.02. The van der Waals surface area contributed by atoms with Crippen LogP contribution in [0.25, 0.3) is 0 Å². The van der Waals surface area contributed by atoms with E-state index >= 15 is 0 Å². The van der Waals surface area contributed by atoms with Crippen molar-refractivity contribution in [2.24, 2.45) is 0 Å². The van der Waals surface area contributed by atoms with Gasteiger partial charge in [-0.1, -0.05) is 42.5 Å². The van der Waals surface area contributed by atoms with Gasteiger partial charge in [-0.2, -0.15) is 0 Å². The van der Waals surface area contributed by atoms with Crippen molar-refractivity contribution in [3.8, 4) is 0 Å². The quantitative estimate of drug-likeness (QED) is 0.690. The number of amides is 4. The first-order chi connectivity index (χ1) is 13.5. The van der Waals surface area contributed by atoms with Crippen molar-refractivity contribution in [1.82, 2.24) is 10.2 Å². The molecule has 0 radical (unpaired) electrons. The topological polar surface area (TPSA) is 81.8 Å². The third-order valence-electron chi connectivity index (χ3n) is 4.57. The molecule has 1 aliphatic rings. The number of nitrogens with one attached hydrogen (secondary N) is 2. The lowest BCUT2D eigenvalue weighted by Gasteiger charge is -2.23. The molecular weight excluding hydrogens is 356 g/mol. The van der Waals surface area contributed by atoms with Crippen molar-refractivity contribution in [3.63, 3.8) is 0 Å². The Morgan fingerprint density at radius 3 is 2.54 bits per heavy atom. The summed E-state index contributed by atoms with van der Waals surface area (Å²) in [5.41, 5.74) is 2.84. The molecule has 28 heavy (non-hydrogen) atoms. The molecule has 1 saturated heterocycles. The van der Waals surface area contributed by atoms with E-state index in [1.54, 1.807) is 0 Å². The second-order valence-electron chi connectivity index (χ2n) is 6.71. The zero-order valence-electron chi connectivity index (χ0n) is 15.9. The fraction of sp³-hybridized carbons (Fsp3) is 0.286. The van der Waals surface area contributed by atoms with Gasteiger partial charge in [-0.25, -0.2) is 4.79 Å². The molecule has 4 amide bonds. The van der Waals surface area contributed by atoms with Crippen LogP contribution in [0.4, 0.5) is 16.2 Å². The van der Waals surface area contributed by atoms with E-state index in [0.717, 1.165) is 22.8 Å². The van der Waals surface area contributed by atoms with Gasteiger partial charge < -0.3 is 15.5 Å². The molecule has 1 aliphatic heterocycles. The summed E-state index contributed by atoms with van der Waals surface area (Å²) in [6.45, 7) is 1.000. The van der Waals surface area contributed by atoms with Gasteiger partial charge >= 0.3 is 6.03 Å². The molecule has 1 heterocycles. The van der Waals surface area contributed by atoms with Crippen LogP contribution in [0.3, 0.4) is 0 Å². The molecule has 0 unspecified atom stereocenters. The van der Waals surface area contributed by atoms with Crippen LogP contribution in [0.2, 0.25) is 0 Å². The first kappa shape index (κ1) is 19.4. The highest BCUT2D eigenvalue weighted by atomic mass is 16.2. The molecule has 3 rings (SSSR count). The zero-order valence-corrected chi connectivity index (χ0v) is 15.9. The number of carbonyl (C=O) groups is 3. The van der Waals surface area contributed by atoms with Gasteiger partial charge in [0, 0.05) is 26.6 Å². The van der Waals surface area contributed by atoms with Gasteiger partial charge in [0.15, 0.2) is 0 Å². The van der Waals surface area contributed by atoms with Gasteiger partial charge in [-0.05, 0) is 24.1 Å². The number of carbonyl (C=O) groups excluding carboxylic acids is 3. The number of urea groups is 1. The molecule has 0 saturated carbocycles. The Morgan fingerprint density at radius 1 is 1.11 bits per heavy atom. The molecule has 2 N–H and O–H groups in total. The highest BCUT2D eigenvalue weighted by Gasteiger charge is 2.27. The van der Waals surface area contributed by atoms with Crippen LogP contribution in [-0.2, 0) is 16.1 Å². The zero-order chi connectivity index (χ0) is 19.9. The summed E-state index contributed by atoms with van der Waals surface area (Å²) in [5, 5.41) is 5.41. The van der Waals surface area contributed by atoms with Gasteiger partial charge in [0.05, 0.1) is 17.9 Å². The molecule has 1 fully saturated rings. The van der Waals surface area contributed by atoms with Crippen molar-refractivity contribution in [2.75, 3.05) is 30.4 Å². The summed E-state index contributed by atoms with van der Waals surface area (Å²) in [6.07, 6.45) is 0.654. The summed E-state index contributed by atoms with van der Waals surface area (Å²) >= 11 is 0. The Kier molecular flexibility index (Phi) is 6.26. The summed E-state index contributed by atoms with van der Waals surface area (Å²) in [7, 11) is 1.98. The van der Waals surface area contributed by atoms with Crippen molar-refractivity contribution in [1.29, 1.82) is 0 Å². The van der Waals surface area contributed by atoms with Crippen LogP contribution in [0, 0.1) is 0 Å². The number of imide groups is 1. The molecule has 0 spiro atoms. The molecule has 0 aliphatic carbocycles. The number of hydrogen-bond donors (Lipinski definition) is 2. The molecule has 0 atom stereocenters. The van der Waals surface area contributed by atoms with E-state index in [1.807, 2.05) is 49.5 Å². The lowest BCUT2D eigenvalue weighted by Crippen LogP contribution is -2.32. The summed E-state index contributed by atoms with van der Waals surface area (Å²) in [6, 6.07) is 17.4. The Hall–Kier alpha value is -3.35. The van der Waals surface area contributed by atoms with Crippen molar-refractivity contribution in [3.05, 3.63) is 60.2 Å². The maximum absolute atomic E-state index is 12.3. The van der Waals surface area contributed by atoms with E-state index in [2.05, 4.69) is 27.7 Å². The fourth-order valence-corrected chi connectivity index (χ4v) is 3.15. The minimum atomic E-state index is -0.390. The molecular formula is C21H24N4O3. The second-order valence-corrected chi connectivity index (χ2v) is 6.71. The van der Waals surface area contributed by atoms with Crippen LogP contribution < -0.4 is 15.5 Å². The van der Waals surface area contributed by atoms with Gasteiger partial charge in [-0.3, -0.25) is 14.5 Å². The maximum Gasteiger partial charge on any atom is 0.324 e. The lowest BCUT2D eigenvalue weighted by atomic mass is 10.2. The average molecular weight is 380 g/mol. The van der Waals surface area contributed by atoms with E-state index in [-0.39, 0.29) is 31.3 Å². The minimum absolute atomic E-state index is 0.0339. The van der Waals surface area contributed by atoms with Crippen LogP contribution in [0.1, 0.15) is 18.4 Å². The normalized spacial score (nSPS) is 13.4. The Morgan fingerprint density at radius 2 is 1.82 bits per heavy atom. The largest absolute Gasteiger partial charge is 0.369 e. The van der Waals surface area contributed by atoms with E-state index in [0.29, 0.717) is 6.42 Å². The molecule has 146 valence electrons. The number of hydrogen-bond acceptors (Lipinski definition) is 4. The van der Waals surface area contributed by atoms with E-state index in [9.17, 15) is 14.4 Å². The van der Waals surface area contributed by atoms with Crippen LogP contribution >= 0.6 is 0 Å². The SMILES string of the molecule is CN(Cc1ccccc1)c1ccccc1NC(=O)CCCN1C(=O)CNC1=O. The molecule has 7 heteroatoms. The number of rotatable bonds is 8. The van der Waals surface area contributed by atoms with E-state index < -0.39 is 6.03 Å². The average Bonchev–Trinajstić information content (AvgIpc) is 3.01. The smallest absolute Gasteiger partial charge is 0.324 e. The number of benzene rings is 2. The van der Waals surface area contributed by atoms with Crippen LogP contribution in [0.5, 0.6) is 0 Å². The number of para-hydroxylation sites is 2. The third-order valence-corrected chi connectivity index (χ3v) is 4.57. The van der Waals surface area contributed by atoms with Gasteiger partial charge in [0.1, 0.15) is 0 Å². The molecule has 2 aromatic rings. The van der Waals surface area contributed by atoms with Gasteiger partial charge in [0.25, 0.3) is 0 Å². The van der Waals surface area contributed by atoms with Gasteiger partial charge in [0.2, 0.25) is 11.8 Å². The van der Waals surface area contributed by atoms with Crippen molar-refractivity contribution < 1.29 is 14.4 Å². The Bertz CT molecular complexity index is 838. The maximum atomic E-state index is 12.3. The predicted octanol–water partition coefficient (Wildman–Crippen LogP) is 2.59. The summed E-state index contributed by atoms with van der Waals surface area (Å²) in [4.78, 5) is 38.6. The third kappa shape index (κ3) is 4.88. The first-order valence-electron chi connectivity index (χ1n) is 9.27.